The van der Waals surface area contributed by atoms with Gasteiger partial charge in [-0.1, -0.05) is 52.0 Å². The number of hydrogen-bond donors (Lipinski definition) is 3. The van der Waals surface area contributed by atoms with E-state index in [1.54, 1.807) is 0 Å². The van der Waals surface area contributed by atoms with Gasteiger partial charge in [0, 0.05) is 17.5 Å². The first-order valence-corrected chi connectivity index (χ1v) is 9.73. The van der Waals surface area contributed by atoms with Crippen LogP contribution in [-0.4, -0.2) is 30.9 Å². The van der Waals surface area contributed by atoms with E-state index in [4.69, 9.17) is 0 Å². The van der Waals surface area contributed by atoms with Crippen LogP contribution in [0, 0.1) is 5.92 Å². The Morgan fingerprint density at radius 1 is 0.962 bits per heavy atom. The first kappa shape index (κ1) is 22.2. The molecule has 5 heteroatoms. The van der Waals surface area contributed by atoms with Crippen molar-refractivity contribution in [3.63, 3.8) is 0 Å². The summed E-state index contributed by atoms with van der Waals surface area (Å²) < 4.78 is 0. The summed E-state index contributed by atoms with van der Waals surface area (Å²) in [5.74, 6) is 0.690. The molecule has 4 N–H and O–H groups in total. The monoisotopic (exact) mass is 362 g/mol. The van der Waals surface area contributed by atoms with Gasteiger partial charge in [0.15, 0.2) is 6.54 Å². The van der Waals surface area contributed by atoms with Crippen molar-refractivity contribution in [2.75, 3.05) is 13.1 Å². The SMILES string of the molecule is CC[C@H](C)c1ccc([C@H]([NH2+]CC(=O)NCC(=O)NC(C)C)C(C)C)cc1. The summed E-state index contributed by atoms with van der Waals surface area (Å²) in [6.45, 7) is 12.9. The van der Waals surface area contributed by atoms with E-state index in [1.165, 1.54) is 11.1 Å². The summed E-state index contributed by atoms with van der Waals surface area (Å²) in [5, 5.41) is 7.50. The third-order valence-electron chi connectivity index (χ3n) is 4.67. The number of nitrogens with two attached hydrogens (primary N) is 1. The molecule has 26 heavy (non-hydrogen) atoms. The first-order valence-electron chi connectivity index (χ1n) is 9.73. The lowest BCUT2D eigenvalue weighted by molar-refractivity contribution is -0.692. The fraction of sp³-hybridized carbons (Fsp3) is 0.619. The highest BCUT2D eigenvalue weighted by Crippen LogP contribution is 2.22. The molecular weight excluding hydrogens is 326 g/mol. The van der Waals surface area contributed by atoms with Gasteiger partial charge in [0.2, 0.25) is 5.91 Å². The Kier molecular flexibility index (Phi) is 9.35. The minimum Gasteiger partial charge on any atom is -0.352 e. The Balaban J connectivity index is 2.58. The Hall–Kier alpha value is -1.88. The summed E-state index contributed by atoms with van der Waals surface area (Å²) in [7, 11) is 0. The molecule has 0 aliphatic carbocycles. The van der Waals surface area contributed by atoms with Gasteiger partial charge in [-0.25, -0.2) is 0 Å². The number of nitrogens with one attached hydrogen (secondary N) is 2. The van der Waals surface area contributed by atoms with Gasteiger partial charge in [0.25, 0.3) is 5.91 Å². The Morgan fingerprint density at radius 2 is 1.54 bits per heavy atom. The van der Waals surface area contributed by atoms with Crippen LogP contribution in [0.1, 0.15) is 71.0 Å². The van der Waals surface area contributed by atoms with Gasteiger partial charge >= 0.3 is 0 Å². The van der Waals surface area contributed by atoms with Crippen LogP contribution in [0.5, 0.6) is 0 Å². The predicted octanol–water partition coefficient (Wildman–Crippen LogP) is 2.10. The van der Waals surface area contributed by atoms with Crippen molar-refractivity contribution in [3.8, 4) is 0 Å². The minimum atomic E-state index is -0.158. The number of quaternary nitrogens is 1. The van der Waals surface area contributed by atoms with E-state index in [1.807, 2.05) is 13.8 Å². The third kappa shape index (κ3) is 7.56. The number of benzene rings is 1. The lowest BCUT2D eigenvalue weighted by Gasteiger charge is -2.20. The lowest BCUT2D eigenvalue weighted by atomic mass is 9.92. The van der Waals surface area contributed by atoms with Gasteiger partial charge in [0.05, 0.1) is 6.54 Å². The van der Waals surface area contributed by atoms with Crippen LogP contribution < -0.4 is 16.0 Å². The molecule has 0 aliphatic rings. The van der Waals surface area contributed by atoms with E-state index in [9.17, 15) is 9.59 Å². The minimum absolute atomic E-state index is 0.0286. The Morgan fingerprint density at radius 3 is 2.04 bits per heavy atom. The van der Waals surface area contributed by atoms with Crippen molar-refractivity contribution in [1.29, 1.82) is 0 Å². The topological polar surface area (TPSA) is 74.8 Å². The van der Waals surface area contributed by atoms with Crippen LogP contribution in [0.15, 0.2) is 24.3 Å². The highest BCUT2D eigenvalue weighted by Gasteiger charge is 2.21. The van der Waals surface area contributed by atoms with E-state index in [0.29, 0.717) is 18.4 Å². The molecule has 0 saturated carbocycles. The fourth-order valence-corrected chi connectivity index (χ4v) is 2.93. The van der Waals surface area contributed by atoms with E-state index in [-0.39, 0.29) is 30.4 Å². The van der Waals surface area contributed by atoms with Gasteiger partial charge in [-0.05, 0) is 31.7 Å². The summed E-state index contributed by atoms with van der Waals surface area (Å²) in [5.41, 5.74) is 2.59. The van der Waals surface area contributed by atoms with Crippen LogP contribution in [0.2, 0.25) is 0 Å². The first-order chi connectivity index (χ1) is 12.2. The van der Waals surface area contributed by atoms with E-state index < -0.39 is 0 Å². The fourth-order valence-electron chi connectivity index (χ4n) is 2.93. The van der Waals surface area contributed by atoms with E-state index in [0.717, 1.165) is 6.42 Å². The largest absolute Gasteiger partial charge is 0.352 e. The molecule has 1 aromatic carbocycles. The van der Waals surface area contributed by atoms with Crippen LogP contribution in [-0.2, 0) is 9.59 Å². The van der Waals surface area contributed by atoms with Crippen LogP contribution in [0.25, 0.3) is 0 Å². The maximum absolute atomic E-state index is 12.1. The average Bonchev–Trinajstić information content (AvgIpc) is 2.59. The van der Waals surface area contributed by atoms with E-state index >= 15 is 0 Å². The normalized spacial score (nSPS) is 13.5. The lowest BCUT2D eigenvalue weighted by Crippen LogP contribution is -2.88. The predicted molar refractivity (Wildman–Crippen MR) is 106 cm³/mol. The van der Waals surface area contributed by atoms with Crippen LogP contribution >= 0.6 is 0 Å². The van der Waals surface area contributed by atoms with Crippen LogP contribution in [0.4, 0.5) is 0 Å². The third-order valence-corrected chi connectivity index (χ3v) is 4.67. The molecule has 0 saturated heterocycles. The van der Waals surface area contributed by atoms with Crippen molar-refractivity contribution in [3.05, 3.63) is 35.4 Å². The smallest absolute Gasteiger partial charge is 0.275 e. The van der Waals surface area contributed by atoms with Crippen LogP contribution in [0.3, 0.4) is 0 Å². The molecule has 0 aliphatic heterocycles. The number of carbonyl (C=O) groups excluding carboxylic acids is 2. The van der Waals surface area contributed by atoms with E-state index in [2.05, 4.69) is 67.9 Å². The van der Waals surface area contributed by atoms with Gasteiger partial charge in [-0.2, -0.15) is 0 Å². The molecule has 0 radical (unpaired) electrons. The molecule has 0 unspecified atom stereocenters. The molecule has 0 bridgehead atoms. The van der Waals surface area contributed by atoms with Crippen molar-refractivity contribution < 1.29 is 14.9 Å². The zero-order valence-corrected chi connectivity index (χ0v) is 17.1. The second kappa shape index (κ2) is 11.0. The molecule has 0 spiro atoms. The quantitative estimate of drug-likeness (QED) is 0.596. The summed E-state index contributed by atoms with van der Waals surface area (Å²) in [6, 6.07) is 9.05. The number of rotatable bonds is 10. The Bertz CT molecular complexity index is 567. The number of hydrogen-bond acceptors (Lipinski definition) is 2. The average molecular weight is 363 g/mol. The summed E-state index contributed by atoms with van der Waals surface area (Å²) in [4.78, 5) is 23.7. The molecule has 0 fully saturated rings. The molecule has 2 atom stereocenters. The maximum atomic E-state index is 12.1. The number of amides is 2. The zero-order chi connectivity index (χ0) is 19.7. The number of carbonyl (C=O) groups is 2. The summed E-state index contributed by atoms with van der Waals surface area (Å²) in [6.07, 6.45) is 1.13. The van der Waals surface area contributed by atoms with Gasteiger partial charge in [-0.15, -0.1) is 0 Å². The second-order valence-electron chi connectivity index (χ2n) is 7.68. The molecule has 0 heterocycles. The zero-order valence-electron chi connectivity index (χ0n) is 17.1. The van der Waals surface area contributed by atoms with Crippen molar-refractivity contribution >= 4 is 11.8 Å². The Labute approximate surface area is 158 Å². The van der Waals surface area contributed by atoms with Gasteiger partial charge < -0.3 is 16.0 Å². The van der Waals surface area contributed by atoms with Gasteiger partial charge in [-0.3, -0.25) is 9.59 Å². The van der Waals surface area contributed by atoms with Gasteiger partial charge in [0.1, 0.15) is 6.04 Å². The molecular formula is C21H36N3O2+. The highest BCUT2D eigenvalue weighted by molar-refractivity contribution is 5.85. The van der Waals surface area contributed by atoms with Crippen molar-refractivity contribution in [1.82, 2.24) is 10.6 Å². The van der Waals surface area contributed by atoms with Crippen molar-refractivity contribution in [2.45, 2.75) is 66.0 Å². The van der Waals surface area contributed by atoms with Crippen molar-refractivity contribution in [2.24, 2.45) is 5.92 Å². The molecule has 146 valence electrons. The molecule has 2 amide bonds. The molecule has 0 aromatic heterocycles. The summed E-state index contributed by atoms with van der Waals surface area (Å²) >= 11 is 0. The molecule has 5 nitrogen and oxygen atoms in total. The highest BCUT2D eigenvalue weighted by atomic mass is 16.2. The molecule has 1 aromatic rings. The maximum Gasteiger partial charge on any atom is 0.275 e. The molecule has 1 rings (SSSR count). The standard InChI is InChI=1S/C21H35N3O2/c1-7-16(6)17-8-10-18(11-9-17)21(14(2)3)23-12-19(25)22-13-20(26)24-15(4)5/h8-11,14-16,21,23H,7,12-13H2,1-6H3,(H,22,25)(H,24,26)/p+1/t16-,21+/m0/s1. The second-order valence-corrected chi connectivity index (χ2v) is 7.68.